The Labute approximate surface area is 73.4 Å². The molecule has 12 heavy (non-hydrogen) atoms. The Morgan fingerprint density at radius 1 is 1.33 bits per heavy atom. The minimum Gasteiger partial charge on any atom is -0.327 e. The summed E-state index contributed by atoms with van der Waals surface area (Å²) in [6.07, 6.45) is 1.39. The molecule has 0 aromatic rings. The Morgan fingerprint density at radius 3 is 2.17 bits per heavy atom. The highest BCUT2D eigenvalue weighted by atomic mass is 32.3. The molecule has 0 aromatic carbocycles. The van der Waals surface area contributed by atoms with Gasteiger partial charge >= 0.3 is 10.2 Å². The summed E-state index contributed by atoms with van der Waals surface area (Å²) in [6, 6.07) is -0.567. The van der Waals surface area contributed by atoms with Crippen LogP contribution in [0.4, 0.5) is 3.89 Å². The lowest BCUT2D eigenvalue weighted by Crippen LogP contribution is -2.28. The standard InChI is InChI=1S/C7H16FNO2S/c1-6(2)3-4-7(9)5-12(8,10)11/h6-7H,3-5,9H2,1-2H3. The van der Waals surface area contributed by atoms with Crippen molar-refractivity contribution in [2.75, 3.05) is 5.75 Å². The minimum atomic E-state index is -4.40. The lowest BCUT2D eigenvalue weighted by molar-refractivity contribution is 0.499. The number of halogens is 1. The zero-order chi connectivity index (χ0) is 9.78. The molecule has 0 spiro atoms. The fourth-order valence-corrected chi connectivity index (χ4v) is 1.56. The minimum absolute atomic E-state index is 0.471. The molecule has 0 fully saturated rings. The number of hydrogen-bond acceptors (Lipinski definition) is 3. The molecule has 3 nitrogen and oxygen atoms in total. The number of hydrogen-bond donors (Lipinski definition) is 1. The first-order valence-electron chi connectivity index (χ1n) is 3.99. The van der Waals surface area contributed by atoms with E-state index in [9.17, 15) is 12.3 Å². The molecule has 1 unspecified atom stereocenters. The van der Waals surface area contributed by atoms with Crippen LogP contribution in [0.25, 0.3) is 0 Å². The van der Waals surface area contributed by atoms with Gasteiger partial charge in [-0.1, -0.05) is 13.8 Å². The normalized spacial score (nSPS) is 15.1. The summed E-state index contributed by atoms with van der Waals surface area (Å²) in [5.74, 6) is -0.0851. The van der Waals surface area contributed by atoms with Crippen LogP contribution >= 0.6 is 0 Å². The Hall–Kier alpha value is -0.160. The summed E-state index contributed by atoms with van der Waals surface area (Å²) in [4.78, 5) is 0. The maximum atomic E-state index is 12.1. The van der Waals surface area contributed by atoms with Crippen molar-refractivity contribution in [1.29, 1.82) is 0 Å². The van der Waals surface area contributed by atoms with Crippen LogP contribution in [0.15, 0.2) is 0 Å². The topological polar surface area (TPSA) is 60.2 Å². The van der Waals surface area contributed by atoms with Crippen molar-refractivity contribution in [3.8, 4) is 0 Å². The first-order chi connectivity index (χ1) is 5.31. The molecule has 1 atom stereocenters. The molecule has 0 saturated carbocycles. The molecule has 0 bridgehead atoms. The molecule has 2 N–H and O–H groups in total. The van der Waals surface area contributed by atoms with E-state index in [2.05, 4.69) is 0 Å². The van der Waals surface area contributed by atoms with Crippen molar-refractivity contribution in [3.05, 3.63) is 0 Å². The average Bonchev–Trinajstić information content (AvgIpc) is 1.79. The predicted octanol–water partition coefficient (Wildman–Crippen LogP) is 1.05. The second-order valence-corrected chi connectivity index (χ2v) is 4.85. The summed E-state index contributed by atoms with van der Waals surface area (Å²) in [6.45, 7) is 4.02. The number of rotatable bonds is 5. The molecule has 0 aliphatic carbocycles. The van der Waals surface area contributed by atoms with Gasteiger partial charge in [-0.2, -0.15) is 8.42 Å². The molecule has 0 amide bonds. The van der Waals surface area contributed by atoms with Gasteiger partial charge in [0.15, 0.2) is 0 Å². The predicted molar refractivity (Wildman–Crippen MR) is 46.9 cm³/mol. The van der Waals surface area contributed by atoms with E-state index in [0.717, 1.165) is 6.42 Å². The smallest absolute Gasteiger partial charge is 0.303 e. The van der Waals surface area contributed by atoms with Crippen molar-refractivity contribution in [3.63, 3.8) is 0 Å². The third kappa shape index (κ3) is 7.94. The van der Waals surface area contributed by atoms with Crippen LogP contribution in [0.3, 0.4) is 0 Å². The van der Waals surface area contributed by atoms with E-state index in [1.54, 1.807) is 0 Å². The SMILES string of the molecule is CC(C)CCC(N)CS(=O)(=O)F. The van der Waals surface area contributed by atoms with Gasteiger partial charge < -0.3 is 5.73 Å². The van der Waals surface area contributed by atoms with E-state index >= 15 is 0 Å². The largest absolute Gasteiger partial charge is 0.327 e. The van der Waals surface area contributed by atoms with Crippen molar-refractivity contribution in [2.24, 2.45) is 11.7 Å². The molecule has 0 heterocycles. The maximum absolute atomic E-state index is 12.1. The van der Waals surface area contributed by atoms with Gasteiger partial charge in [0.1, 0.15) is 0 Å². The molecule has 0 aromatic heterocycles. The van der Waals surface area contributed by atoms with Gasteiger partial charge in [-0.25, -0.2) is 0 Å². The fraction of sp³-hybridized carbons (Fsp3) is 1.00. The second kappa shape index (κ2) is 4.77. The van der Waals surface area contributed by atoms with Crippen LogP contribution in [0.1, 0.15) is 26.7 Å². The summed E-state index contributed by atoms with van der Waals surface area (Å²) in [7, 11) is -4.40. The summed E-state index contributed by atoms with van der Waals surface area (Å²) >= 11 is 0. The van der Waals surface area contributed by atoms with Gasteiger partial charge in [0.05, 0.1) is 5.75 Å². The summed E-state index contributed by atoms with van der Waals surface area (Å²) in [5.41, 5.74) is 5.39. The average molecular weight is 197 g/mol. The van der Waals surface area contributed by atoms with E-state index in [0.29, 0.717) is 12.3 Å². The fourth-order valence-electron chi connectivity index (χ4n) is 0.886. The van der Waals surface area contributed by atoms with E-state index in [1.807, 2.05) is 13.8 Å². The van der Waals surface area contributed by atoms with Crippen molar-refractivity contribution in [2.45, 2.75) is 32.7 Å². The molecule has 0 rings (SSSR count). The molecular formula is C7H16FNO2S. The zero-order valence-corrected chi connectivity index (χ0v) is 8.27. The van der Waals surface area contributed by atoms with Crippen LogP contribution < -0.4 is 5.73 Å². The first-order valence-corrected chi connectivity index (χ1v) is 5.54. The van der Waals surface area contributed by atoms with Gasteiger partial charge in [0, 0.05) is 6.04 Å². The third-order valence-corrected chi connectivity index (χ3v) is 2.35. The highest BCUT2D eigenvalue weighted by molar-refractivity contribution is 7.86. The quantitative estimate of drug-likeness (QED) is 0.670. The monoisotopic (exact) mass is 197 g/mol. The molecular weight excluding hydrogens is 181 g/mol. The van der Waals surface area contributed by atoms with Gasteiger partial charge in [0.2, 0.25) is 0 Å². The van der Waals surface area contributed by atoms with Crippen LogP contribution in [0.2, 0.25) is 0 Å². The Kier molecular flexibility index (Phi) is 4.70. The van der Waals surface area contributed by atoms with E-state index in [4.69, 9.17) is 5.73 Å². The molecule has 0 radical (unpaired) electrons. The van der Waals surface area contributed by atoms with Crippen molar-refractivity contribution in [1.82, 2.24) is 0 Å². The van der Waals surface area contributed by atoms with Crippen LogP contribution in [0.5, 0.6) is 0 Å². The van der Waals surface area contributed by atoms with E-state index < -0.39 is 22.0 Å². The molecule has 0 saturated heterocycles. The van der Waals surface area contributed by atoms with Crippen molar-refractivity contribution < 1.29 is 12.3 Å². The first kappa shape index (κ1) is 11.8. The Balaban J connectivity index is 3.68. The zero-order valence-electron chi connectivity index (χ0n) is 7.46. The molecule has 5 heteroatoms. The molecule has 0 aliphatic heterocycles. The van der Waals surface area contributed by atoms with Crippen LogP contribution in [0, 0.1) is 5.92 Å². The van der Waals surface area contributed by atoms with Crippen LogP contribution in [-0.2, 0) is 10.2 Å². The Bertz CT molecular complexity index is 213. The Morgan fingerprint density at radius 2 is 1.83 bits per heavy atom. The summed E-state index contributed by atoms with van der Waals surface area (Å²) < 4.78 is 32.3. The van der Waals surface area contributed by atoms with Crippen LogP contribution in [-0.4, -0.2) is 20.2 Å². The van der Waals surface area contributed by atoms with Crippen molar-refractivity contribution >= 4 is 10.2 Å². The van der Waals surface area contributed by atoms with Gasteiger partial charge in [-0.05, 0) is 18.8 Å². The highest BCUT2D eigenvalue weighted by Gasteiger charge is 2.14. The highest BCUT2D eigenvalue weighted by Crippen LogP contribution is 2.07. The molecule has 74 valence electrons. The van der Waals surface area contributed by atoms with Gasteiger partial charge in [-0.3, -0.25) is 0 Å². The summed E-state index contributed by atoms with van der Waals surface area (Å²) in [5, 5.41) is 0. The second-order valence-electron chi connectivity index (χ2n) is 3.44. The number of nitrogens with two attached hydrogens (primary N) is 1. The van der Waals surface area contributed by atoms with Gasteiger partial charge in [-0.15, -0.1) is 3.89 Å². The third-order valence-electron chi connectivity index (χ3n) is 1.53. The molecule has 0 aliphatic rings. The maximum Gasteiger partial charge on any atom is 0.303 e. The lowest BCUT2D eigenvalue weighted by atomic mass is 10.1. The van der Waals surface area contributed by atoms with Gasteiger partial charge in [0.25, 0.3) is 0 Å². The lowest BCUT2D eigenvalue weighted by Gasteiger charge is -2.09. The van der Waals surface area contributed by atoms with E-state index in [1.165, 1.54) is 0 Å². The van der Waals surface area contributed by atoms with E-state index in [-0.39, 0.29) is 0 Å².